The first-order valence-electron chi connectivity index (χ1n) is 12.6. The van der Waals surface area contributed by atoms with E-state index in [1.807, 2.05) is 121 Å². The number of hydroxylamine groups is 1. The molecule has 5 heteroatoms. The van der Waals surface area contributed by atoms with Crippen molar-refractivity contribution in [3.05, 3.63) is 149 Å². The van der Waals surface area contributed by atoms with E-state index < -0.39 is 18.2 Å². The summed E-state index contributed by atoms with van der Waals surface area (Å²) >= 11 is 0. The SMILES string of the molecule is [O-][N+]1=C(c2ccccc2)[C@@H](OCc2ccccc2)[C@H](OCc2ccccc2)[C@H]1COCc1ccccc1. The molecule has 0 saturated heterocycles. The van der Waals surface area contributed by atoms with Crippen LogP contribution in [0, 0.1) is 5.21 Å². The van der Waals surface area contributed by atoms with Gasteiger partial charge >= 0.3 is 0 Å². The molecule has 0 amide bonds. The van der Waals surface area contributed by atoms with E-state index in [2.05, 4.69) is 0 Å². The Balaban J connectivity index is 1.42. The molecule has 0 fully saturated rings. The first kappa shape index (κ1) is 24.9. The van der Waals surface area contributed by atoms with E-state index in [1.165, 1.54) is 0 Å². The number of benzene rings is 4. The summed E-state index contributed by atoms with van der Waals surface area (Å²) in [6.45, 7) is 1.40. The molecule has 188 valence electrons. The maximum Gasteiger partial charge on any atom is 0.226 e. The molecular formula is C32H31NO4. The smallest absolute Gasteiger partial charge is 0.226 e. The fourth-order valence-electron chi connectivity index (χ4n) is 4.63. The summed E-state index contributed by atoms with van der Waals surface area (Å²) in [5, 5.41) is 13.8. The molecule has 0 saturated carbocycles. The standard InChI is InChI=1S/C32H31NO4/c34-33-29(24-35-21-25-13-5-1-6-14-25)31(36-22-26-15-7-2-8-16-26)32(30(33)28-19-11-4-12-20-28)37-23-27-17-9-3-10-18-27/h1-20,29,31-32H,21-24H2/t29-,31-,32-/m1/s1. The van der Waals surface area contributed by atoms with Crippen LogP contribution in [0.5, 0.6) is 0 Å². The molecule has 0 aromatic heterocycles. The molecule has 5 nitrogen and oxygen atoms in total. The van der Waals surface area contributed by atoms with Crippen molar-refractivity contribution in [3.8, 4) is 0 Å². The Morgan fingerprint density at radius 3 is 1.57 bits per heavy atom. The third-order valence-electron chi connectivity index (χ3n) is 6.51. The Morgan fingerprint density at radius 1 is 0.568 bits per heavy atom. The van der Waals surface area contributed by atoms with Crippen LogP contribution in [-0.2, 0) is 34.0 Å². The number of ether oxygens (including phenoxy) is 3. The largest absolute Gasteiger partial charge is 0.623 e. The van der Waals surface area contributed by atoms with E-state index in [1.54, 1.807) is 0 Å². The molecule has 0 unspecified atom stereocenters. The predicted molar refractivity (Wildman–Crippen MR) is 144 cm³/mol. The first-order chi connectivity index (χ1) is 18.3. The van der Waals surface area contributed by atoms with Crippen molar-refractivity contribution in [1.29, 1.82) is 0 Å². The Hall–Kier alpha value is -3.77. The Kier molecular flexibility index (Phi) is 8.39. The molecule has 0 radical (unpaired) electrons. The zero-order chi connectivity index (χ0) is 25.3. The van der Waals surface area contributed by atoms with Crippen molar-refractivity contribution in [2.24, 2.45) is 0 Å². The van der Waals surface area contributed by atoms with Crippen molar-refractivity contribution < 1.29 is 18.9 Å². The molecule has 4 aromatic carbocycles. The highest BCUT2D eigenvalue weighted by atomic mass is 16.6. The highest BCUT2D eigenvalue weighted by Crippen LogP contribution is 2.27. The minimum absolute atomic E-state index is 0.222. The van der Waals surface area contributed by atoms with Gasteiger partial charge in [0.05, 0.1) is 19.8 Å². The molecule has 1 heterocycles. The van der Waals surface area contributed by atoms with Crippen LogP contribution in [0.1, 0.15) is 22.3 Å². The number of rotatable bonds is 11. The van der Waals surface area contributed by atoms with Crippen LogP contribution in [-0.4, -0.2) is 35.3 Å². The fraction of sp³-hybridized carbons (Fsp3) is 0.219. The predicted octanol–water partition coefficient (Wildman–Crippen LogP) is 5.76. The zero-order valence-electron chi connectivity index (χ0n) is 20.7. The molecule has 4 aromatic rings. The van der Waals surface area contributed by atoms with Gasteiger partial charge in [-0.25, -0.2) is 0 Å². The molecule has 0 aliphatic carbocycles. The minimum Gasteiger partial charge on any atom is -0.623 e. The van der Waals surface area contributed by atoms with Crippen LogP contribution < -0.4 is 0 Å². The van der Waals surface area contributed by atoms with Gasteiger partial charge in [0.25, 0.3) is 0 Å². The van der Waals surface area contributed by atoms with Gasteiger partial charge in [0.1, 0.15) is 6.61 Å². The molecule has 0 spiro atoms. The fourth-order valence-corrected chi connectivity index (χ4v) is 4.63. The maximum absolute atomic E-state index is 13.8. The lowest BCUT2D eigenvalue weighted by Crippen LogP contribution is -2.41. The third-order valence-corrected chi connectivity index (χ3v) is 6.51. The van der Waals surface area contributed by atoms with Crippen molar-refractivity contribution in [2.45, 2.75) is 38.1 Å². The lowest BCUT2D eigenvalue weighted by atomic mass is 10.0. The second kappa shape index (κ2) is 12.5. The van der Waals surface area contributed by atoms with Crippen molar-refractivity contribution in [3.63, 3.8) is 0 Å². The molecule has 3 atom stereocenters. The topological polar surface area (TPSA) is 53.8 Å². The number of hydrogen-bond acceptors (Lipinski definition) is 4. The van der Waals surface area contributed by atoms with Gasteiger partial charge in [-0.2, -0.15) is 4.74 Å². The van der Waals surface area contributed by atoms with Gasteiger partial charge in [-0.05, 0) is 28.8 Å². The summed E-state index contributed by atoms with van der Waals surface area (Å²) in [7, 11) is 0. The van der Waals surface area contributed by atoms with E-state index in [4.69, 9.17) is 14.2 Å². The summed E-state index contributed by atoms with van der Waals surface area (Å²) < 4.78 is 20.0. The number of hydrogen-bond donors (Lipinski definition) is 0. The molecule has 0 bridgehead atoms. The molecule has 5 rings (SSSR count). The normalized spacial score (nSPS) is 19.3. The lowest BCUT2D eigenvalue weighted by Gasteiger charge is -2.23. The van der Waals surface area contributed by atoms with E-state index in [0.29, 0.717) is 25.5 Å². The average Bonchev–Trinajstić information content (AvgIpc) is 3.23. The summed E-state index contributed by atoms with van der Waals surface area (Å²) in [5.41, 5.74) is 4.54. The van der Waals surface area contributed by atoms with Gasteiger partial charge in [0, 0.05) is 5.56 Å². The molecular weight excluding hydrogens is 462 g/mol. The van der Waals surface area contributed by atoms with Crippen LogP contribution in [0.15, 0.2) is 121 Å². The average molecular weight is 494 g/mol. The van der Waals surface area contributed by atoms with Crippen molar-refractivity contribution in [2.75, 3.05) is 6.61 Å². The van der Waals surface area contributed by atoms with E-state index >= 15 is 0 Å². The Morgan fingerprint density at radius 2 is 1.03 bits per heavy atom. The summed E-state index contributed by atoms with van der Waals surface area (Å²) in [5.74, 6) is 0. The quantitative estimate of drug-likeness (QED) is 0.197. The van der Waals surface area contributed by atoms with Crippen LogP contribution in [0.25, 0.3) is 0 Å². The Labute approximate surface area is 218 Å². The van der Waals surface area contributed by atoms with Crippen LogP contribution in [0.4, 0.5) is 0 Å². The van der Waals surface area contributed by atoms with E-state index in [-0.39, 0.29) is 6.61 Å². The second-order valence-corrected chi connectivity index (χ2v) is 9.12. The van der Waals surface area contributed by atoms with Gasteiger partial charge < -0.3 is 19.4 Å². The van der Waals surface area contributed by atoms with Crippen LogP contribution in [0.2, 0.25) is 0 Å². The van der Waals surface area contributed by atoms with E-state index in [0.717, 1.165) is 27.0 Å². The zero-order valence-corrected chi connectivity index (χ0v) is 20.7. The third kappa shape index (κ3) is 6.33. The lowest BCUT2D eigenvalue weighted by molar-refractivity contribution is -0.507. The monoisotopic (exact) mass is 493 g/mol. The molecule has 1 aliphatic heterocycles. The van der Waals surface area contributed by atoms with Crippen LogP contribution >= 0.6 is 0 Å². The van der Waals surface area contributed by atoms with Gasteiger partial charge in [-0.1, -0.05) is 109 Å². The Bertz CT molecular complexity index is 1260. The summed E-state index contributed by atoms with van der Waals surface area (Å²) in [4.78, 5) is 0. The van der Waals surface area contributed by atoms with Gasteiger partial charge in [0.2, 0.25) is 11.8 Å². The minimum atomic E-state index is -0.552. The van der Waals surface area contributed by atoms with Gasteiger partial charge in [0.15, 0.2) is 12.2 Å². The van der Waals surface area contributed by atoms with Crippen LogP contribution in [0.3, 0.4) is 0 Å². The van der Waals surface area contributed by atoms with Crippen molar-refractivity contribution >= 4 is 5.71 Å². The van der Waals surface area contributed by atoms with Gasteiger partial charge in [-0.15, -0.1) is 0 Å². The summed E-state index contributed by atoms with van der Waals surface area (Å²) in [6.07, 6.45) is -1.05. The van der Waals surface area contributed by atoms with Gasteiger partial charge in [-0.3, -0.25) is 0 Å². The molecule has 1 aliphatic rings. The highest BCUT2D eigenvalue weighted by Gasteiger charge is 2.50. The van der Waals surface area contributed by atoms with E-state index in [9.17, 15) is 5.21 Å². The first-order valence-corrected chi connectivity index (χ1v) is 12.6. The molecule has 0 N–H and O–H groups in total. The maximum atomic E-state index is 13.8. The highest BCUT2D eigenvalue weighted by molar-refractivity contribution is 6.01. The molecule has 37 heavy (non-hydrogen) atoms. The number of nitrogens with zero attached hydrogens (tertiary/aromatic N) is 1. The van der Waals surface area contributed by atoms with Crippen molar-refractivity contribution in [1.82, 2.24) is 0 Å². The second-order valence-electron chi connectivity index (χ2n) is 9.12. The summed E-state index contributed by atoms with van der Waals surface area (Å²) in [6, 6.07) is 39.1.